The van der Waals surface area contributed by atoms with Crippen LogP contribution in [0.15, 0.2) is 0 Å². The summed E-state index contributed by atoms with van der Waals surface area (Å²) in [6.45, 7) is 9.01. The lowest BCUT2D eigenvalue weighted by molar-refractivity contribution is -0.167. The number of hydrogen-bond acceptors (Lipinski definition) is 6. The molecule has 0 aromatic heterocycles. The van der Waals surface area contributed by atoms with Gasteiger partial charge in [0.1, 0.15) is 13.2 Å². The Morgan fingerprint density at radius 3 is 0.860 bits per heavy atom. The Bertz CT molecular complexity index is 857. The fraction of sp³-hybridized carbons (Fsp3) is 0.941. The molecule has 6 nitrogen and oxygen atoms in total. The van der Waals surface area contributed by atoms with Gasteiger partial charge in [-0.2, -0.15) is 0 Å². The summed E-state index contributed by atoms with van der Waals surface area (Å²) in [5.74, 6) is -0.0208. The summed E-state index contributed by atoms with van der Waals surface area (Å²) in [7, 11) is 0. The molecular weight excluding hydrogens is 709 g/mol. The van der Waals surface area contributed by atoms with Gasteiger partial charge in [0.05, 0.1) is 0 Å². The lowest BCUT2D eigenvalue weighted by Crippen LogP contribution is -2.30. The van der Waals surface area contributed by atoms with E-state index in [9.17, 15) is 14.4 Å². The number of hydrogen-bond donors (Lipinski definition) is 0. The average Bonchev–Trinajstić information content (AvgIpc) is 3.19. The lowest BCUT2D eigenvalue weighted by Gasteiger charge is -2.18. The number of rotatable bonds is 46. The summed E-state index contributed by atoms with van der Waals surface area (Å²) in [5.41, 5.74) is 0. The van der Waals surface area contributed by atoms with Gasteiger partial charge < -0.3 is 14.2 Å². The van der Waals surface area contributed by atoms with Crippen molar-refractivity contribution in [1.82, 2.24) is 0 Å². The van der Waals surface area contributed by atoms with Crippen molar-refractivity contribution in [2.45, 2.75) is 291 Å². The molecule has 0 aliphatic heterocycles. The third-order valence-electron chi connectivity index (χ3n) is 11.5. The van der Waals surface area contributed by atoms with Crippen molar-refractivity contribution in [2.75, 3.05) is 13.2 Å². The second-order valence-corrected chi connectivity index (χ2v) is 17.9. The summed E-state index contributed by atoms with van der Waals surface area (Å²) in [6.07, 6.45) is 46.5. The molecule has 0 bridgehead atoms. The van der Waals surface area contributed by atoms with E-state index >= 15 is 0 Å². The first kappa shape index (κ1) is 55.4. The topological polar surface area (TPSA) is 78.9 Å². The predicted octanol–water partition coefficient (Wildman–Crippen LogP) is 16.3. The molecule has 0 aromatic carbocycles. The summed E-state index contributed by atoms with van der Waals surface area (Å²) < 4.78 is 16.8. The van der Waals surface area contributed by atoms with Crippen molar-refractivity contribution in [2.24, 2.45) is 5.92 Å². The zero-order valence-corrected chi connectivity index (χ0v) is 38.8. The van der Waals surface area contributed by atoms with E-state index in [0.717, 1.165) is 63.7 Å². The molecule has 0 amide bonds. The van der Waals surface area contributed by atoms with Crippen LogP contribution in [-0.4, -0.2) is 37.2 Å². The van der Waals surface area contributed by atoms with Gasteiger partial charge in [-0.1, -0.05) is 246 Å². The highest BCUT2D eigenvalue weighted by atomic mass is 16.6. The molecular formula is C51H98O6. The minimum absolute atomic E-state index is 0.0629. The highest BCUT2D eigenvalue weighted by molar-refractivity contribution is 5.71. The minimum atomic E-state index is -0.760. The predicted molar refractivity (Wildman–Crippen MR) is 243 cm³/mol. The molecule has 0 fully saturated rings. The fourth-order valence-corrected chi connectivity index (χ4v) is 7.69. The molecule has 0 aliphatic rings. The van der Waals surface area contributed by atoms with Gasteiger partial charge >= 0.3 is 17.9 Å². The van der Waals surface area contributed by atoms with E-state index < -0.39 is 6.10 Å². The monoisotopic (exact) mass is 807 g/mol. The van der Waals surface area contributed by atoms with Gasteiger partial charge in [-0.25, -0.2) is 0 Å². The number of unbranched alkanes of at least 4 members (excludes halogenated alkanes) is 33. The standard InChI is InChI=1S/C51H98O6/c1-5-7-9-11-13-15-17-19-23-27-31-35-39-43-50(53)56-46-48(45-55-49(52)42-38-34-30-26-22-18-16-14-12-10-8-6-2)57-51(54)44-40-36-32-28-24-20-21-25-29-33-37-41-47(3)4/h47-48H,5-46H2,1-4H3/t48-/m1/s1. The molecule has 338 valence electrons. The highest BCUT2D eigenvalue weighted by Crippen LogP contribution is 2.17. The molecule has 0 radical (unpaired) electrons. The van der Waals surface area contributed by atoms with Crippen LogP contribution in [0.25, 0.3) is 0 Å². The molecule has 0 spiro atoms. The number of ether oxygens (including phenoxy) is 3. The van der Waals surface area contributed by atoms with Gasteiger partial charge in [0.25, 0.3) is 0 Å². The Morgan fingerprint density at radius 1 is 0.333 bits per heavy atom. The second-order valence-electron chi connectivity index (χ2n) is 17.9. The van der Waals surface area contributed by atoms with Crippen molar-refractivity contribution >= 4 is 17.9 Å². The van der Waals surface area contributed by atoms with E-state index in [1.54, 1.807) is 0 Å². The van der Waals surface area contributed by atoms with Crippen molar-refractivity contribution in [3.05, 3.63) is 0 Å². The van der Waals surface area contributed by atoms with Crippen LogP contribution in [0.5, 0.6) is 0 Å². The van der Waals surface area contributed by atoms with Gasteiger partial charge in [0, 0.05) is 19.3 Å². The molecule has 1 atom stereocenters. The number of esters is 3. The fourth-order valence-electron chi connectivity index (χ4n) is 7.69. The Balaban J connectivity index is 4.32. The first-order chi connectivity index (χ1) is 27.9. The summed E-state index contributed by atoms with van der Waals surface area (Å²) in [6, 6.07) is 0. The highest BCUT2D eigenvalue weighted by Gasteiger charge is 2.19. The van der Waals surface area contributed by atoms with Gasteiger partial charge in [-0.3, -0.25) is 14.4 Å². The quantitative estimate of drug-likeness (QED) is 0.0346. The van der Waals surface area contributed by atoms with Crippen LogP contribution >= 0.6 is 0 Å². The van der Waals surface area contributed by atoms with Gasteiger partial charge in [0.15, 0.2) is 6.10 Å². The first-order valence-corrected chi connectivity index (χ1v) is 25.4. The van der Waals surface area contributed by atoms with Crippen LogP contribution in [0.3, 0.4) is 0 Å². The molecule has 0 saturated heterocycles. The smallest absolute Gasteiger partial charge is 0.306 e. The van der Waals surface area contributed by atoms with Crippen LogP contribution in [0.2, 0.25) is 0 Å². The van der Waals surface area contributed by atoms with Crippen LogP contribution < -0.4 is 0 Å². The van der Waals surface area contributed by atoms with Crippen LogP contribution in [-0.2, 0) is 28.6 Å². The molecule has 0 N–H and O–H groups in total. The second kappa shape index (κ2) is 45.5. The van der Waals surface area contributed by atoms with Crippen molar-refractivity contribution in [3.63, 3.8) is 0 Å². The molecule has 0 heterocycles. The number of carbonyl (C=O) groups excluding carboxylic acids is 3. The van der Waals surface area contributed by atoms with Gasteiger partial charge in [-0.15, -0.1) is 0 Å². The van der Waals surface area contributed by atoms with E-state index in [4.69, 9.17) is 14.2 Å². The van der Waals surface area contributed by atoms with E-state index in [2.05, 4.69) is 27.7 Å². The summed E-state index contributed by atoms with van der Waals surface area (Å²) in [4.78, 5) is 37.9. The Hall–Kier alpha value is -1.59. The Kier molecular flexibility index (Phi) is 44.2. The first-order valence-electron chi connectivity index (χ1n) is 25.4. The molecule has 0 unspecified atom stereocenters. The van der Waals surface area contributed by atoms with Crippen LogP contribution in [0.1, 0.15) is 285 Å². The van der Waals surface area contributed by atoms with Crippen molar-refractivity contribution < 1.29 is 28.6 Å². The zero-order chi connectivity index (χ0) is 41.7. The zero-order valence-electron chi connectivity index (χ0n) is 38.8. The van der Waals surface area contributed by atoms with Crippen molar-refractivity contribution in [1.29, 1.82) is 0 Å². The van der Waals surface area contributed by atoms with Gasteiger partial charge in [-0.05, 0) is 25.2 Å². The largest absolute Gasteiger partial charge is 0.462 e. The summed E-state index contributed by atoms with van der Waals surface area (Å²) >= 11 is 0. The van der Waals surface area contributed by atoms with E-state index in [-0.39, 0.29) is 31.1 Å². The molecule has 0 aliphatic carbocycles. The van der Waals surface area contributed by atoms with Crippen molar-refractivity contribution in [3.8, 4) is 0 Å². The van der Waals surface area contributed by atoms with Gasteiger partial charge in [0.2, 0.25) is 0 Å². The number of carbonyl (C=O) groups is 3. The maximum Gasteiger partial charge on any atom is 0.306 e. The van der Waals surface area contributed by atoms with E-state index in [0.29, 0.717) is 19.3 Å². The molecule has 57 heavy (non-hydrogen) atoms. The minimum Gasteiger partial charge on any atom is -0.462 e. The lowest BCUT2D eigenvalue weighted by atomic mass is 10.0. The van der Waals surface area contributed by atoms with Crippen LogP contribution in [0.4, 0.5) is 0 Å². The van der Waals surface area contributed by atoms with E-state index in [1.165, 1.54) is 180 Å². The SMILES string of the molecule is CCCCCCCCCCCCCCCC(=O)OC[C@@H](COC(=O)CCCCCCCCCCCCCC)OC(=O)CCCCCCCCCCCCCC(C)C. The summed E-state index contributed by atoms with van der Waals surface area (Å²) in [5, 5.41) is 0. The molecule has 6 heteroatoms. The molecule has 0 aromatic rings. The average molecular weight is 807 g/mol. The Labute approximate surface area is 355 Å². The van der Waals surface area contributed by atoms with E-state index in [1.807, 2.05) is 0 Å². The molecule has 0 saturated carbocycles. The molecule has 0 rings (SSSR count). The third kappa shape index (κ3) is 45.3. The Morgan fingerprint density at radius 2 is 0.579 bits per heavy atom. The normalized spacial score (nSPS) is 11.9. The van der Waals surface area contributed by atoms with Crippen LogP contribution in [0, 0.1) is 5.92 Å². The maximum absolute atomic E-state index is 12.8. The third-order valence-corrected chi connectivity index (χ3v) is 11.5. The maximum atomic E-state index is 12.8.